The van der Waals surface area contributed by atoms with Crippen LogP contribution >= 0.6 is 12.2 Å². The molecule has 0 spiro atoms. The molecular weight excluding hydrogens is 364 g/mol. The minimum Gasteiger partial charge on any atom is -0.478 e. The number of allylic oxidation sites excluding steroid dienone is 1. The standard InChI is InChI=1S/C20H28N2O4S/c1-6-22(7-2)15(13-20(3,4)5)16(18(23)24)17(27)21-19(25)26-14-11-9-8-10-12-14/h8-12H,6-7,13H2,1-5H3,(H,23,24)(H,21,25,27). The minimum absolute atomic E-state index is 0.0753. The van der Waals surface area contributed by atoms with E-state index < -0.39 is 12.1 Å². The molecular formula is C20H28N2O4S. The highest BCUT2D eigenvalue weighted by Crippen LogP contribution is 2.29. The number of carboxylic acid groups (broad SMARTS) is 1. The molecule has 0 aliphatic carbocycles. The van der Waals surface area contributed by atoms with Crippen LogP contribution in [0.2, 0.25) is 0 Å². The molecule has 0 saturated carbocycles. The van der Waals surface area contributed by atoms with Crippen molar-refractivity contribution >= 4 is 29.3 Å². The van der Waals surface area contributed by atoms with Crippen molar-refractivity contribution in [3.8, 4) is 5.75 Å². The third-order valence-electron chi connectivity index (χ3n) is 3.74. The Morgan fingerprint density at radius 1 is 1.15 bits per heavy atom. The lowest BCUT2D eigenvalue weighted by atomic mass is 9.88. The number of ether oxygens (including phenoxy) is 1. The van der Waals surface area contributed by atoms with E-state index in [1.807, 2.05) is 39.5 Å². The van der Waals surface area contributed by atoms with Gasteiger partial charge in [0.15, 0.2) is 0 Å². The third kappa shape index (κ3) is 7.38. The van der Waals surface area contributed by atoms with Gasteiger partial charge in [-0.3, -0.25) is 5.32 Å². The number of carboxylic acids is 1. The number of nitrogens with one attached hydrogen (secondary N) is 1. The fourth-order valence-electron chi connectivity index (χ4n) is 2.59. The SMILES string of the molecule is CCN(CC)C(CC(C)(C)C)=C(C(=O)O)C(=S)NC(=O)Oc1ccccc1. The zero-order valence-corrected chi connectivity index (χ0v) is 17.4. The van der Waals surface area contributed by atoms with Gasteiger partial charge < -0.3 is 14.7 Å². The van der Waals surface area contributed by atoms with Gasteiger partial charge >= 0.3 is 12.1 Å². The Labute approximate surface area is 166 Å². The van der Waals surface area contributed by atoms with Crippen molar-refractivity contribution in [3.05, 3.63) is 41.6 Å². The first-order valence-corrected chi connectivity index (χ1v) is 9.29. The minimum atomic E-state index is -1.17. The maximum absolute atomic E-state index is 12.1. The highest BCUT2D eigenvalue weighted by atomic mass is 32.1. The number of thiocarbonyl (C=S) groups is 1. The average molecular weight is 393 g/mol. The largest absolute Gasteiger partial charge is 0.478 e. The van der Waals surface area contributed by atoms with Crippen LogP contribution in [-0.2, 0) is 4.79 Å². The number of aliphatic carboxylic acids is 1. The molecule has 1 aromatic rings. The summed E-state index contributed by atoms with van der Waals surface area (Å²) in [5.74, 6) is -0.830. The predicted molar refractivity (Wildman–Crippen MR) is 110 cm³/mol. The van der Waals surface area contributed by atoms with E-state index in [-0.39, 0.29) is 16.0 Å². The Morgan fingerprint density at radius 3 is 2.15 bits per heavy atom. The molecule has 27 heavy (non-hydrogen) atoms. The van der Waals surface area contributed by atoms with Crippen LogP contribution in [0.15, 0.2) is 41.6 Å². The van der Waals surface area contributed by atoms with Gasteiger partial charge in [-0.15, -0.1) is 0 Å². The van der Waals surface area contributed by atoms with Gasteiger partial charge in [0.1, 0.15) is 16.3 Å². The summed E-state index contributed by atoms with van der Waals surface area (Å²) < 4.78 is 5.14. The van der Waals surface area contributed by atoms with E-state index in [1.54, 1.807) is 30.3 Å². The van der Waals surface area contributed by atoms with E-state index in [4.69, 9.17) is 17.0 Å². The zero-order valence-electron chi connectivity index (χ0n) is 16.5. The molecule has 0 fully saturated rings. The highest BCUT2D eigenvalue weighted by Gasteiger charge is 2.27. The Kier molecular flexibility index (Phi) is 8.43. The summed E-state index contributed by atoms with van der Waals surface area (Å²) in [6, 6.07) is 8.50. The second-order valence-electron chi connectivity index (χ2n) is 7.19. The molecule has 0 aliphatic heterocycles. The number of amides is 1. The van der Waals surface area contributed by atoms with Crippen LogP contribution in [0.25, 0.3) is 0 Å². The summed E-state index contributed by atoms with van der Waals surface area (Å²) in [4.78, 5) is 25.9. The smallest absolute Gasteiger partial charge is 0.417 e. The van der Waals surface area contributed by atoms with Crippen molar-refractivity contribution in [1.82, 2.24) is 10.2 Å². The summed E-state index contributed by atoms with van der Waals surface area (Å²) in [6.45, 7) is 11.2. The number of para-hydroxylation sites is 1. The van der Waals surface area contributed by atoms with Gasteiger partial charge in [-0.05, 0) is 37.8 Å². The van der Waals surface area contributed by atoms with E-state index >= 15 is 0 Å². The number of benzene rings is 1. The molecule has 7 heteroatoms. The van der Waals surface area contributed by atoms with Crippen LogP contribution < -0.4 is 10.1 Å². The molecule has 0 heterocycles. The number of nitrogens with zero attached hydrogens (tertiary/aromatic N) is 1. The van der Waals surface area contributed by atoms with Crippen LogP contribution in [0, 0.1) is 5.41 Å². The molecule has 0 saturated heterocycles. The first-order chi connectivity index (χ1) is 12.6. The van der Waals surface area contributed by atoms with Gasteiger partial charge in [0.25, 0.3) is 0 Å². The molecule has 0 bridgehead atoms. The normalized spacial score (nSPS) is 12.0. The molecule has 0 unspecified atom stereocenters. The first kappa shape index (κ1) is 22.6. The average Bonchev–Trinajstić information content (AvgIpc) is 2.54. The fraction of sp³-hybridized carbons (Fsp3) is 0.450. The monoisotopic (exact) mass is 392 g/mol. The predicted octanol–water partition coefficient (Wildman–Crippen LogP) is 4.22. The third-order valence-corrected chi connectivity index (χ3v) is 4.05. The Balaban J connectivity index is 3.16. The van der Waals surface area contributed by atoms with Crippen molar-refractivity contribution in [2.45, 2.75) is 41.0 Å². The maximum atomic E-state index is 12.1. The van der Waals surface area contributed by atoms with Crippen LogP contribution in [0.3, 0.4) is 0 Å². The summed E-state index contributed by atoms with van der Waals surface area (Å²) in [6.07, 6.45) is -0.314. The summed E-state index contributed by atoms with van der Waals surface area (Å²) >= 11 is 5.25. The Hall–Kier alpha value is -2.41. The van der Waals surface area contributed by atoms with E-state index in [2.05, 4.69) is 5.32 Å². The van der Waals surface area contributed by atoms with Gasteiger partial charge in [-0.1, -0.05) is 51.2 Å². The lowest BCUT2D eigenvalue weighted by molar-refractivity contribution is -0.132. The molecule has 2 N–H and O–H groups in total. The number of rotatable bonds is 7. The van der Waals surface area contributed by atoms with Crippen molar-refractivity contribution in [2.24, 2.45) is 5.41 Å². The van der Waals surface area contributed by atoms with Gasteiger partial charge in [0.05, 0.1) is 0 Å². The van der Waals surface area contributed by atoms with Crippen molar-refractivity contribution in [1.29, 1.82) is 0 Å². The molecule has 1 rings (SSSR count). The lowest BCUT2D eigenvalue weighted by Gasteiger charge is -2.31. The second-order valence-corrected chi connectivity index (χ2v) is 7.60. The molecule has 0 aliphatic rings. The van der Waals surface area contributed by atoms with Crippen molar-refractivity contribution in [3.63, 3.8) is 0 Å². The van der Waals surface area contributed by atoms with Gasteiger partial charge in [0.2, 0.25) is 0 Å². The zero-order chi connectivity index (χ0) is 20.6. The quantitative estimate of drug-likeness (QED) is 0.534. The van der Waals surface area contributed by atoms with Gasteiger partial charge in [-0.2, -0.15) is 0 Å². The summed E-state index contributed by atoms with van der Waals surface area (Å²) in [5, 5.41) is 12.2. The van der Waals surface area contributed by atoms with E-state index in [1.165, 1.54) is 0 Å². The van der Waals surface area contributed by atoms with Gasteiger partial charge in [-0.25, -0.2) is 9.59 Å². The first-order valence-electron chi connectivity index (χ1n) is 8.88. The topological polar surface area (TPSA) is 78.9 Å². The fourth-order valence-corrected chi connectivity index (χ4v) is 2.88. The second kappa shape index (κ2) is 10.1. The van der Waals surface area contributed by atoms with E-state index in [0.29, 0.717) is 31.0 Å². The van der Waals surface area contributed by atoms with Crippen LogP contribution in [0.4, 0.5) is 4.79 Å². The Morgan fingerprint density at radius 2 is 1.70 bits per heavy atom. The molecule has 1 aromatic carbocycles. The molecule has 0 radical (unpaired) electrons. The van der Waals surface area contributed by atoms with Crippen LogP contribution in [0.5, 0.6) is 5.75 Å². The van der Waals surface area contributed by atoms with Gasteiger partial charge in [0, 0.05) is 18.8 Å². The lowest BCUT2D eigenvalue weighted by Crippen LogP contribution is -2.38. The van der Waals surface area contributed by atoms with E-state index in [9.17, 15) is 14.7 Å². The Bertz CT molecular complexity index is 704. The number of carbonyl (C=O) groups is 2. The molecule has 6 nitrogen and oxygen atoms in total. The van der Waals surface area contributed by atoms with E-state index in [0.717, 1.165) is 0 Å². The number of hydrogen-bond acceptors (Lipinski definition) is 5. The molecule has 0 aromatic heterocycles. The molecule has 0 atom stereocenters. The molecule has 1 amide bonds. The number of carbonyl (C=O) groups excluding carboxylic acids is 1. The van der Waals surface area contributed by atoms with Crippen molar-refractivity contribution < 1.29 is 19.4 Å². The van der Waals surface area contributed by atoms with Crippen molar-refractivity contribution in [2.75, 3.05) is 13.1 Å². The summed E-state index contributed by atoms with van der Waals surface area (Å²) in [7, 11) is 0. The summed E-state index contributed by atoms with van der Waals surface area (Å²) in [5.41, 5.74) is 0.373. The maximum Gasteiger partial charge on any atom is 0.417 e. The molecule has 148 valence electrons. The van der Waals surface area contributed by atoms with Crippen LogP contribution in [0.1, 0.15) is 41.0 Å². The number of hydrogen-bond donors (Lipinski definition) is 2. The highest BCUT2D eigenvalue weighted by molar-refractivity contribution is 7.80. The van der Waals surface area contributed by atoms with Crippen LogP contribution in [-0.4, -0.2) is 40.1 Å².